The van der Waals surface area contributed by atoms with Crippen molar-refractivity contribution in [3.8, 4) is 5.75 Å². The Hall–Kier alpha value is -2.17. The number of amides is 1. The van der Waals surface area contributed by atoms with E-state index in [4.69, 9.17) is 27.9 Å². The Morgan fingerprint density at radius 3 is 2.76 bits per heavy atom. The molecule has 0 aliphatic carbocycles. The maximum atomic E-state index is 12.7. The zero-order valence-corrected chi connectivity index (χ0v) is 17.9. The zero-order chi connectivity index (χ0) is 20.4. The molecule has 2 heterocycles. The van der Waals surface area contributed by atoms with E-state index in [1.807, 2.05) is 23.1 Å². The second-order valence-electron chi connectivity index (χ2n) is 7.52. The number of aryl methyl sites for hydroxylation is 1. The molecule has 1 aromatic heterocycles. The standard InChI is InChI=1S/C23H24Cl2N2O2/c1-29-17-6-7-21-18(13-17)19(14-26-21)15-9-11-27(12-10-15)22(28)8-5-16-3-2-4-20(24)23(16)25/h2-4,6-7,13-15,26H,5,8-12H2,1H3. The summed E-state index contributed by atoms with van der Waals surface area (Å²) >= 11 is 12.3. The lowest BCUT2D eigenvalue weighted by molar-refractivity contribution is -0.132. The smallest absolute Gasteiger partial charge is 0.222 e. The number of aromatic amines is 1. The molecule has 1 amide bonds. The molecule has 2 aromatic carbocycles. The van der Waals surface area contributed by atoms with Gasteiger partial charge in [0.25, 0.3) is 0 Å². The Morgan fingerprint density at radius 2 is 2.00 bits per heavy atom. The Balaban J connectivity index is 1.37. The van der Waals surface area contributed by atoms with Gasteiger partial charge < -0.3 is 14.6 Å². The van der Waals surface area contributed by atoms with Crippen molar-refractivity contribution >= 4 is 40.0 Å². The third-order valence-corrected chi connectivity index (χ3v) is 6.71. The maximum absolute atomic E-state index is 12.7. The van der Waals surface area contributed by atoms with Crippen LogP contribution in [0.25, 0.3) is 10.9 Å². The third kappa shape index (κ3) is 4.24. The van der Waals surface area contributed by atoms with Crippen molar-refractivity contribution < 1.29 is 9.53 Å². The van der Waals surface area contributed by atoms with Crippen LogP contribution >= 0.6 is 23.2 Å². The molecule has 0 spiro atoms. The number of rotatable bonds is 5. The fraction of sp³-hybridized carbons (Fsp3) is 0.348. The first-order valence-electron chi connectivity index (χ1n) is 9.92. The first-order valence-corrected chi connectivity index (χ1v) is 10.7. The maximum Gasteiger partial charge on any atom is 0.222 e. The summed E-state index contributed by atoms with van der Waals surface area (Å²) in [7, 11) is 1.69. The summed E-state index contributed by atoms with van der Waals surface area (Å²) in [5.74, 6) is 1.49. The van der Waals surface area contributed by atoms with Crippen molar-refractivity contribution in [2.75, 3.05) is 20.2 Å². The number of likely N-dealkylation sites (tertiary alicyclic amines) is 1. The van der Waals surface area contributed by atoms with E-state index in [9.17, 15) is 4.79 Å². The second kappa shape index (κ2) is 8.68. The predicted octanol–water partition coefficient (Wildman–Crippen LogP) is 5.82. The molecule has 1 fully saturated rings. The van der Waals surface area contributed by atoms with Crippen molar-refractivity contribution in [1.29, 1.82) is 0 Å². The van der Waals surface area contributed by atoms with Crippen LogP contribution in [0.1, 0.15) is 36.3 Å². The number of halogens is 2. The number of fused-ring (bicyclic) bond motifs is 1. The molecule has 4 nitrogen and oxygen atoms in total. The molecule has 6 heteroatoms. The number of nitrogens with zero attached hydrogens (tertiary/aromatic N) is 1. The van der Waals surface area contributed by atoms with Gasteiger partial charge >= 0.3 is 0 Å². The van der Waals surface area contributed by atoms with Crippen LogP contribution in [0, 0.1) is 0 Å². The topological polar surface area (TPSA) is 45.3 Å². The molecule has 4 rings (SSSR count). The van der Waals surface area contributed by atoms with E-state index in [1.165, 1.54) is 10.9 Å². The van der Waals surface area contributed by atoms with E-state index in [-0.39, 0.29) is 5.91 Å². The van der Waals surface area contributed by atoms with Crippen LogP contribution < -0.4 is 4.74 Å². The number of aromatic nitrogens is 1. The Kier molecular flexibility index (Phi) is 6.02. The van der Waals surface area contributed by atoms with E-state index in [2.05, 4.69) is 23.3 Å². The second-order valence-corrected chi connectivity index (χ2v) is 8.31. The van der Waals surface area contributed by atoms with Crippen LogP contribution in [-0.2, 0) is 11.2 Å². The molecule has 0 atom stereocenters. The van der Waals surface area contributed by atoms with Gasteiger partial charge in [-0.05, 0) is 60.6 Å². The van der Waals surface area contributed by atoms with Crippen LogP contribution in [0.4, 0.5) is 0 Å². The first-order chi connectivity index (χ1) is 14.1. The number of benzene rings is 2. The lowest BCUT2D eigenvalue weighted by atomic mass is 9.89. The average molecular weight is 431 g/mol. The van der Waals surface area contributed by atoms with E-state index in [0.29, 0.717) is 28.8 Å². The van der Waals surface area contributed by atoms with Gasteiger partial charge in [0.2, 0.25) is 5.91 Å². The molecular formula is C23H24Cl2N2O2. The highest BCUT2D eigenvalue weighted by Gasteiger charge is 2.25. The molecule has 29 heavy (non-hydrogen) atoms. The van der Waals surface area contributed by atoms with Gasteiger partial charge in [0.1, 0.15) is 5.75 Å². The number of ether oxygens (including phenoxy) is 1. The molecule has 1 N–H and O–H groups in total. The summed E-state index contributed by atoms with van der Waals surface area (Å²) in [6.07, 6.45) is 5.10. The lowest BCUT2D eigenvalue weighted by Crippen LogP contribution is -2.38. The number of H-pyrrole nitrogens is 1. The summed E-state index contributed by atoms with van der Waals surface area (Å²) in [6, 6.07) is 11.7. The van der Waals surface area contributed by atoms with Crippen molar-refractivity contribution in [1.82, 2.24) is 9.88 Å². The Bertz CT molecular complexity index is 1020. The van der Waals surface area contributed by atoms with Gasteiger partial charge in [-0.2, -0.15) is 0 Å². The Morgan fingerprint density at radius 1 is 1.21 bits per heavy atom. The largest absolute Gasteiger partial charge is 0.497 e. The van der Waals surface area contributed by atoms with Crippen LogP contribution in [0.2, 0.25) is 10.0 Å². The monoisotopic (exact) mass is 430 g/mol. The van der Waals surface area contributed by atoms with Crippen LogP contribution in [0.5, 0.6) is 5.75 Å². The number of carbonyl (C=O) groups excluding carboxylic acids is 1. The summed E-state index contributed by atoms with van der Waals surface area (Å²) in [5.41, 5.74) is 3.37. The number of hydrogen-bond donors (Lipinski definition) is 1. The Labute approximate surface area is 180 Å². The SMILES string of the molecule is COc1ccc2[nH]cc(C3CCN(C(=O)CCc4cccc(Cl)c4Cl)CC3)c2c1. The van der Waals surface area contributed by atoms with Crippen molar-refractivity contribution in [3.05, 3.63) is 63.8 Å². The van der Waals surface area contributed by atoms with Crippen molar-refractivity contribution in [3.63, 3.8) is 0 Å². The lowest BCUT2D eigenvalue weighted by Gasteiger charge is -2.32. The number of carbonyl (C=O) groups is 1. The molecule has 3 aromatic rings. The van der Waals surface area contributed by atoms with Crippen molar-refractivity contribution in [2.45, 2.75) is 31.6 Å². The minimum Gasteiger partial charge on any atom is -0.497 e. The third-order valence-electron chi connectivity index (χ3n) is 5.85. The highest BCUT2D eigenvalue weighted by Crippen LogP contribution is 2.35. The quantitative estimate of drug-likeness (QED) is 0.553. The van der Waals surface area contributed by atoms with E-state index in [1.54, 1.807) is 13.2 Å². The summed E-state index contributed by atoms with van der Waals surface area (Å²) in [6.45, 7) is 1.56. The van der Waals surface area contributed by atoms with Gasteiger partial charge in [0.05, 0.1) is 17.2 Å². The number of hydrogen-bond acceptors (Lipinski definition) is 2. The average Bonchev–Trinajstić information content (AvgIpc) is 3.17. The summed E-state index contributed by atoms with van der Waals surface area (Å²) in [4.78, 5) is 18.0. The van der Waals surface area contributed by atoms with Gasteiger partial charge in [0.15, 0.2) is 0 Å². The predicted molar refractivity (Wildman–Crippen MR) is 118 cm³/mol. The molecule has 0 saturated carbocycles. The van der Waals surface area contributed by atoms with E-state index in [0.717, 1.165) is 42.8 Å². The number of piperidine rings is 1. The fourth-order valence-electron chi connectivity index (χ4n) is 4.17. The summed E-state index contributed by atoms with van der Waals surface area (Å²) < 4.78 is 5.38. The molecular weight excluding hydrogens is 407 g/mol. The molecule has 1 aliphatic heterocycles. The normalized spacial score (nSPS) is 15.1. The van der Waals surface area contributed by atoms with Crippen LogP contribution in [0.3, 0.4) is 0 Å². The minimum atomic E-state index is 0.181. The van der Waals surface area contributed by atoms with E-state index < -0.39 is 0 Å². The van der Waals surface area contributed by atoms with Gasteiger partial charge in [-0.25, -0.2) is 0 Å². The molecule has 0 bridgehead atoms. The van der Waals surface area contributed by atoms with Gasteiger partial charge in [-0.15, -0.1) is 0 Å². The summed E-state index contributed by atoms with van der Waals surface area (Å²) in [5, 5.41) is 2.30. The number of nitrogens with one attached hydrogen (secondary N) is 1. The number of methoxy groups -OCH3 is 1. The molecule has 1 saturated heterocycles. The highest BCUT2D eigenvalue weighted by atomic mass is 35.5. The first kappa shape index (κ1) is 20.1. The molecule has 0 unspecified atom stereocenters. The molecule has 152 valence electrons. The van der Waals surface area contributed by atoms with Crippen LogP contribution in [0.15, 0.2) is 42.6 Å². The van der Waals surface area contributed by atoms with Gasteiger partial charge in [0, 0.05) is 36.6 Å². The molecule has 0 radical (unpaired) electrons. The highest BCUT2D eigenvalue weighted by molar-refractivity contribution is 6.42. The van der Waals surface area contributed by atoms with Crippen LogP contribution in [-0.4, -0.2) is 36.0 Å². The fourth-order valence-corrected chi connectivity index (χ4v) is 4.58. The van der Waals surface area contributed by atoms with Gasteiger partial charge in [-0.3, -0.25) is 4.79 Å². The minimum absolute atomic E-state index is 0.181. The molecule has 1 aliphatic rings. The van der Waals surface area contributed by atoms with Gasteiger partial charge in [-0.1, -0.05) is 35.3 Å². The zero-order valence-electron chi connectivity index (χ0n) is 16.4. The van der Waals surface area contributed by atoms with E-state index >= 15 is 0 Å². The van der Waals surface area contributed by atoms with Crippen molar-refractivity contribution in [2.24, 2.45) is 0 Å².